The molecule has 6 heteroatoms. The van der Waals surface area contributed by atoms with Gasteiger partial charge in [0, 0.05) is 12.2 Å². The third-order valence-electron chi connectivity index (χ3n) is 5.40. The van der Waals surface area contributed by atoms with Gasteiger partial charge in [0.1, 0.15) is 5.82 Å². The predicted molar refractivity (Wildman–Crippen MR) is 97.3 cm³/mol. The summed E-state index contributed by atoms with van der Waals surface area (Å²) in [5.74, 6) is 1.20. The zero-order chi connectivity index (χ0) is 17.3. The summed E-state index contributed by atoms with van der Waals surface area (Å²) in [6, 6.07) is 8.98. The SMILES string of the molecule is O=S(=O)(CCN1CCC[C@@H]1c1nc2c([nH]1)CCCC2)c1ccccc1. The van der Waals surface area contributed by atoms with Gasteiger partial charge in [-0.3, -0.25) is 4.90 Å². The van der Waals surface area contributed by atoms with Crippen molar-refractivity contribution in [2.45, 2.75) is 49.5 Å². The van der Waals surface area contributed by atoms with Gasteiger partial charge in [0.25, 0.3) is 0 Å². The maximum atomic E-state index is 12.5. The van der Waals surface area contributed by atoms with Crippen molar-refractivity contribution in [3.05, 3.63) is 47.5 Å². The van der Waals surface area contributed by atoms with Gasteiger partial charge in [-0.1, -0.05) is 18.2 Å². The molecule has 2 aliphatic rings. The lowest BCUT2D eigenvalue weighted by Gasteiger charge is -2.22. The van der Waals surface area contributed by atoms with Crippen LogP contribution in [0.25, 0.3) is 0 Å². The number of H-pyrrole nitrogens is 1. The molecule has 0 saturated carbocycles. The van der Waals surface area contributed by atoms with E-state index in [0.717, 1.165) is 38.1 Å². The fraction of sp³-hybridized carbons (Fsp3) is 0.526. The van der Waals surface area contributed by atoms with E-state index in [1.54, 1.807) is 24.3 Å². The van der Waals surface area contributed by atoms with Gasteiger partial charge in [-0.2, -0.15) is 0 Å². The van der Waals surface area contributed by atoms with Gasteiger partial charge in [0.15, 0.2) is 9.84 Å². The van der Waals surface area contributed by atoms with Crippen LogP contribution in [-0.2, 0) is 22.7 Å². The number of aryl methyl sites for hydroxylation is 2. The number of aromatic nitrogens is 2. The van der Waals surface area contributed by atoms with Crippen molar-refractivity contribution in [2.75, 3.05) is 18.8 Å². The number of hydrogen-bond donors (Lipinski definition) is 1. The van der Waals surface area contributed by atoms with Crippen LogP contribution in [0.4, 0.5) is 0 Å². The Bertz CT molecular complexity index is 806. The maximum absolute atomic E-state index is 12.5. The van der Waals surface area contributed by atoms with E-state index >= 15 is 0 Å². The molecule has 0 radical (unpaired) electrons. The molecule has 1 aromatic carbocycles. The highest BCUT2D eigenvalue weighted by Gasteiger charge is 2.30. The number of nitrogens with zero attached hydrogens (tertiary/aromatic N) is 2. The molecule has 2 aromatic rings. The van der Waals surface area contributed by atoms with Crippen LogP contribution < -0.4 is 0 Å². The molecule has 25 heavy (non-hydrogen) atoms. The summed E-state index contributed by atoms with van der Waals surface area (Å²) in [6.07, 6.45) is 6.77. The summed E-state index contributed by atoms with van der Waals surface area (Å²) in [6.45, 7) is 1.51. The number of rotatable bonds is 5. The van der Waals surface area contributed by atoms with Crippen LogP contribution in [-0.4, -0.2) is 42.1 Å². The number of sulfone groups is 1. The molecule has 2 heterocycles. The van der Waals surface area contributed by atoms with E-state index in [4.69, 9.17) is 4.98 Å². The van der Waals surface area contributed by atoms with Gasteiger partial charge in [0.05, 0.1) is 22.4 Å². The standard InChI is InChI=1S/C19H25N3O2S/c23-25(24,15-7-2-1-3-8-15)14-13-22-12-6-11-18(22)19-20-16-9-4-5-10-17(16)21-19/h1-3,7-8,18H,4-6,9-14H2,(H,20,21)/t18-/m1/s1. The molecule has 0 bridgehead atoms. The first-order valence-corrected chi connectivity index (χ1v) is 10.9. The quantitative estimate of drug-likeness (QED) is 0.891. The number of fused-ring (bicyclic) bond motifs is 1. The van der Waals surface area contributed by atoms with E-state index in [-0.39, 0.29) is 11.8 Å². The van der Waals surface area contributed by atoms with Crippen molar-refractivity contribution in [1.82, 2.24) is 14.9 Å². The second-order valence-electron chi connectivity index (χ2n) is 7.08. The number of likely N-dealkylation sites (tertiary alicyclic amines) is 1. The van der Waals surface area contributed by atoms with Crippen molar-refractivity contribution < 1.29 is 8.42 Å². The molecule has 1 saturated heterocycles. The normalized spacial score (nSPS) is 21.4. The highest BCUT2D eigenvalue weighted by molar-refractivity contribution is 7.91. The molecular formula is C19H25N3O2S. The molecule has 0 spiro atoms. The summed E-state index contributed by atoms with van der Waals surface area (Å²) in [5, 5.41) is 0. The van der Waals surface area contributed by atoms with Crippen molar-refractivity contribution in [3.8, 4) is 0 Å². The van der Waals surface area contributed by atoms with E-state index < -0.39 is 9.84 Å². The Labute approximate surface area is 149 Å². The van der Waals surface area contributed by atoms with E-state index in [2.05, 4.69) is 9.88 Å². The zero-order valence-corrected chi connectivity index (χ0v) is 15.3. The van der Waals surface area contributed by atoms with Crippen LogP contribution in [0.3, 0.4) is 0 Å². The lowest BCUT2D eigenvalue weighted by molar-refractivity contribution is 0.263. The monoisotopic (exact) mass is 359 g/mol. The average Bonchev–Trinajstić information content (AvgIpc) is 3.27. The Morgan fingerprint density at radius 3 is 2.72 bits per heavy atom. The molecule has 1 aliphatic heterocycles. The minimum absolute atomic E-state index is 0.161. The van der Waals surface area contributed by atoms with Crippen LogP contribution in [0.15, 0.2) is 35.2 Å². The van der Waals surface area contributed by atoms with Gasteiger partial charge < -0.3 is 4.98 Å². The van der Waals surface area contributed by atoms with E-state index in [9.17, 15) is 8.42 Å². The molecule has 1 aromatic heterocycles. The number of nitrogens with one attached hydrogen (secondary N) is 1. The third-order valence-corrected chi connectivity index (χ3v) is 7.11. The maximum Gasteiger partial charge on any atom is 0.179 e. The molecule has 1 atom stereocenters. The minimum Gasteiger partial charge on any atom is -0.344 e. The molecular weight excluding hydrogens is 334 g/mol. The van der Waals surface area contributed by atoms with Crippen molar-refractivity contribution in [1.29, 1.82) is 0 Å². The summed E-state index contributed by atoms with van der Waals surface area (Å²) in [4.78, 5) is 11.1. The first kappa shape index (κ1) is 16.8. The smallest absolute Gasteiger partial charge is 0.179 e. The van der Waals surface area contributed by atoms with E-state index in [1.807, 2.05) is 6.07 Å². The highest BCUT2D eigenvalue weighted by Crippen LogP contribution is 2.32. The Morgan fingerprint density at radius 1 is 1.12 bits per heavy atom. The van der Waals surface area contributed by atoms with Gasteiger partial charge >= 0.3 is 0 Å². The van der Waals surface area contributed by atoms with Gasteiger partial charge in [-0.15, -0.1) is 0 Å². The van der Waals surface area contributed by atoms with E-state index in [1.165, 1.54) is 24.2 Å². The van der Waals surface area contributed by atoms with Crippen molar-refractivity contribution >= 4 is 9.84 Å². The van der Waals surface area contributed by atoms with Crippen LogP contribution in [0, 0.1) is 0 Å². The second kappa shape index (κ2) is 6.92. The predicted octanol–water partition coefficient (Wildman–Crippen LogP) is 2.90. The fourth-order valence-corrected chi connectivity index (χ4v) is 5.30. The molecule has 1 fully saturated rings. The Morgan fingerprint density at radius 2 is 1.92 bits per heavy atom. The molecule has 0 amide bonds. The number of aromatic amines is 1. The molecule has 5 nitrogen and oxygen atoms in total. The van der Waals surface area contributed by atoms with Gasteiger partial charge in [-0.05, 0) is 57.2 Å². The number of imidazole rings is 1. The van der Waals surface area contributed by atoms with Crippen LogP contribution in [0.2, 0.25) is 0 Å². The van der Waals surface area contributed by atoms with E-state index in [0.29, 0.717) is 11.4 Å². The number of benzene rings is 1. The second-order valence-corrected chi connectivity index (χ2v) is 9.19. The molecule has 0 unspecified atom stereocenters. The highest BCUT2D eigenvalue weighted by atomic mass is 32.2. The lowest BCUT2D eigenvalue weighted by Crippen LogP contribution is -2.29. The molecule has 1 aliphatic carbocycles. The van der Waals surface area contributed by atoms with Gasteiger partial charge in [0.2, 0.25) is 0 Å². The average molecular weight is 359 g/mol. The topological polar surface area (TPSA) is 66.1 Å². The zero-order valence-electron chi connectivity index (χ0n) is 14.4. The largest absolute Gasteiger partial charge is 0.344 e. The summed E-state index contributed by atoms with van der Waals surface area (Å²) < 4.78 is 25.1. The minimum atomic E-state index is -3.23. The molecule has 1 N–H and O–H groups in total. The summed E-state index contributed by atoms with van der Waals surface area (Å²) in [5.41, 5.74) is 2.52. The number of hydrogen-bond acceptors (Lipinski definition) is 4. The van der Waals surface area contributed by atoms with Crippen molar-refractivity contribution in [2.24, 2.45) is 0 Å². The van der Waals surface area contributed by atoms with Crippen LogP contribution in [0.5, 0.6) is 0 Å². The molecule has 134 valence electrons. The van der Waals surface area contributed by atoms with Gasteiger partial charge in [-0.25, -0.2) is 13.4 Å². The summed E-state index contributed by atoms with van der Waals surface area (Å²) >= 11 is 0. The van der Waals surface area contributed by atoms with Crippen molar-refractivity contribution in [3.63, 3.8) is 0 Å². The Hall–Kier alpha value is -1.66. The Kier molecular flexibility index (Phi) is 4.65. The fourth-order valence-electron chi connectivity index (χ4n) is 4.02. The Balaban J connectivity index is 1.46. The van der Waals surface area contributed by atoms with Crippen LogP contribution >= 0.6 is 0 Å². The molecule has 4 rings (SSSR count). The first-order valence-electron chi connectivity index (χ1n) is 9.23. The first-order chi connectivity index (χ1) is 12.1. The summed E-state index contributed by atoms with van der Waals surface area (Å²) in [7, 11) is -3.23. The third kappa shape index (κ3) is 3.51. The van der Waals surface area contributed by atoms with Crippen LogP contribution in [0.1, 0.15) is 48.9 Å². The lowest BCUT2D eigenvalue weighted by atomic mass is 10.0.